The summed E-state index contributed by atoms with van der Waals surface area (Å²) in [5.41, 5.74) is 3.09. The number of carbonyl (C=O) groups excluding carboxylic acids is 1. The lowest BCUT2D eigenvalue weighted by Crippen LogP contribution is -2.39. The fourth-order valence-electron chi connectivity index (χ4n) is 3.51. The van der Waals surface area contributed by atoms with Crippen LogP contribution in [0.25, 0.3) is 0 Å². The second-order valence-electron chi connectivity index (χ2n) is 6.94. The first-order valence-electron chi connectivity index (χ1n) is 9.72. The first-order valence-corrected chi connectivity index (χ1v) is 11.1. The molecule has 7 heteroatoms. The van der Waals surface area contributed by atoms with E-state index in [1.165, 1.54) is 11.8 Å². The normalized spacial score (nSPS) is 19.2. The van der Waals surface area contributed by atoms with Gasteiger partial charge in [0, 0.05) is 19.5 Å². The van der Waals surface area contributed by atoms with Crippen LogP contribution in [-0.4, -0.2) is 57.9 Å². The number of hydrogen-bond acceptors (Lipinski definition) is 5. The summed E-state index contributed by atoms with van der Waals surface area (Å²) < 4.78 is 6.12. The molecule has 5 nitrogen and oxygen atoms in total. The van der Waals surface area contributed by atoms with Gasteiger partial charge < -0.3 is 9.64 Å². The Hall–Kier alpha value is -2.22. The molecular weight excluding hydrogens is 402 g/mol. The molecule has 1 fully saturated rings. The van der Waals surface area contributed by atoms with Gasteiger partial charge in [-0.3, -0.25) is 4.79 Å². The maximum Gasteiger partial charge on any atom is 0.253 e. The second-order valence-corrected chi connectivity index (χ2v) is 8.54. The Balaban J connectivity index is 1.48. The van der Waals surface area contributed by atoms with Crippen molar-refractivity contribution < 1.29 is 9.53 Å². The van der Waals surface area contributed by atoms with Crippen LogP contribution in [0.2, 0.25) is 0 Å². The molecule has 2 aliphatic rings. The quantitative estimate of drug-likeness (QED) is 0.699. The first kappa shape index (κ1) is 20.1. The lowest BCUT2D eigenvalue weighted by Gasteiger charge is -2.29. The lowest BCUT2D eigenvalue weighted by molar-refractivity contribution is -0.130. The SMILES string of the molecule is O=C(CSC(=S)N1CCOCC1)N1N=C(c2ccccc2)C[C@@H]1c1ccccc1. The number of thiocarbonyl (C=S) groups is 1. The molecule has 0 saturated carbocycles. The summed E-state index contributed by atoms with van der Waals surface area (Å²) in [7, 11) is 0. The highest BCUT2D eigenvalue weighted by molar-refractivity contribution is 8.23. The van der Waals surface area contributed by atoms with Crippen molar-refractivity contribution in [2.24, 2.45) is 5.10 Å². The van der Waals surface area contributed by atoms with Gasteiger partial charge in [-0.05, 0) is 11.1 Å². The Morgan fingerprint density at radius 2 is 1.72 bits per heavy atom. The zero-order valence-corrected chi connectivity index (χ0v) is 17.7. The number of carbonyl (C=O) groups is 1. The van der Waals surface area contributed by atoms with Crippen LogP contribution in [0.4, 0.5) is 0 Å². The number of thioether (sulfide) groups is 1. The Morgan fingerprint density at radius 1 is 1.07 bits per heavy atom. The van der Waals surface area contributed by atoms with E-state index in [0.717, 1.165) is 34.2 Å². The van der Waals surface area contributed by atoms with Gasteiger partial charge in [-0.15, -0.1) is 0 Å². The molecule has 150 valence electrons. The van der Waals surface area contributed by atoms with E-state index in [2.05, 4.69) is 17.0 Å². The standard InChI is InChI=1S/C22H23N3O2S2/c26-21(16-29-22(28)24-11-13-27-14-12-24)25-20(18-9-5-2-6-10-18)15-19(23-25)17-7-3-1-4-8-17/h1-10,20H,11-16H2/t20-/m1/s1. The summed E-state index contributed by atoms with van der Waals surface area (Å²) in [6, 6.07) is 20.1. The van der Waals surface area contributed by atoms with Gasteiger partial charge in [-0.25, -0.2) is 5.01 Å². The summed E-state index contributed by atoms with van der Waals surface area (Å²) in [6.07, 6.45) is 0.707. The van der Waals surface area contributed by atoms with Crippen LogP contribution < -0.4 is 0 Å². The van der Waals surface area contributed by atoms with Crippen molar-refractivity contribution in [2.45, 2.75) is 12.5 Å². The molecule has 4 rings (SSSR count). The first-order chi connectivity index (χ1) is 14.2. The van der Waals surface area contributed by atoms with Gasteiger partial charge in [0.2, 0.25) is 0 Å². The molecule has 0 bridgehead atoms. The highest BCUT2D eigenvalue weighted by atomic mass is 32.2. The zero-order valence-electron chi connectivity index (χ0n) is 16.1. The highest BCUT2D eigenvalue weighted by Gasteiger charge is 2.33. The molecule has 29 heavy (non-hydrogen) atoms. The number of nitrogens with zero attached hydrogens (tertiary/aromatic N) is 3. The number of rotatable bonds is 4. The fourth-order valence-corrected chi connectivity index (χ4v) is 4.61. The summed E-state index contributed by atoms with van der Waals surface area (Å²) in [5, 5.41) is 6.36. The molecule has 1 amide bonds. The summed E-state index contributed by atoms with van der Waals surface area (Å²) >= 11 is 6.93. The minimum absolute atomic E-state index is 0.0228. The molecule has 0 unspecified atom stereocenters. The van der Waals surface area contributed by atoms with Gasteiger partial charge >= 0.3 is 0 Å². The Bertz CT molecular complexity index is 883. The van der Waals surface area contributed by atoms with Crippen LogP contribution in [0, 0.1) is 0 Å². The number of amides is 1. The third-order valence-corrected chi connectivity index (χ3v) is 6.55. The van der Waals surface area contributed by atoms with Crippen LogP contribution in [0.3, 0.4) is 0 Å². The predicted molar refractivity (Wildman–Crippen MR) is 121 cm³/mol. The molecule has 2 aromatic carbocycles. The minimum atomic E-state index is -0.0866. The van der Waals surface area contributed by atoms with Gasteiger partial charge in [-0.2, -0.15) is 5.10 Å². The summed E-state index contributed by atoms with van der Waals surface area (Å²) in [6.45, 7) is 2.93. The third-order valence-electron chi connectivity index (χ3n) is 5.05. The molecule has 2 aliphatic heterocycles. The van der Waals surface area contributed by atoms with E-state index in [0.29, 0.717) is 19.6 Å². The Labute approximate surface area is 180 Å². The van der Waals surface area contributed by atoms with E-state index in [1.807, 2.05) is 48.5 Å². The van der Waals surface area contributed by atoms with Gasteiger partial charge in [-0.1, -0.05) is 84.6 Å². The van der Waals surface area contributed by atoms with Crippen LogP contribution in [0.5, 0.6) is 0 Å². The maximum absolute atomic E-state index is 13.1. The van der Waals surface area contributed by atoms with E-state index >= 15 is 0 Å². The second kappa shape index (κ2) is 9.52. The van der Waals surface area contributed by atoms with Crippen molar-refractivity contribution in [2.75, 3.05) is 32.1 Å². The molecule has 0 spiro atoms. The van der Waals surface area contributed by atoms with E-state index in [9.17, 15) is 4.79 Å². The summed E-state index contributed by atoms with van der Waals surface area (Å²) in [4.78, 5) is 15.2. The number of morpholine rings is 1. The van der Waals surface area contributed by atoms with E-state index in [-0.39, 0.29) is 17.7 Å². The molecule has 2 aromatic rings. The van der Waals surface area contributed by atoms with Crippen LogP contribution in [0.1, 0.15) is 23.6 Å². The average Bonchev–Trinajstić information content (AvgIpc) is 3.25. The third kappa shape index (κ3) is 4.86. The molecule has 0 aromatic heterocycles. The Kier molecular flexibility index (Phi) is 6.59. The van der Waals surface area contributed by atoms with Crippen LogP contribution in [-0.2, 0) is 9.53 Å². The molecular formula is C22H23N3O2S2. The molecule has 2 heterocycles. The number of hydrazone groups is 1. The van der Waals surface area contributed by atoms with Crippen molar-refractivity contribution in [3.8, 4) is 0 Å². The monoisotopic (exact) mass is 425 g/mol. The van der Waals surface area contributed by atoms with E-state index in [1.54, 1.807) is 5.01 Å². The largest absolute Gasteiger partial charge is 0.378 e. The zero-order chi connectivity index (χ0) is 20.1. The molecule has 1 atom stereocenters. The molecule has 0 radical (unpaired) electrons. The van der Waals surface area contributed by atoms with Gasteiger partial charge in [0.15, 0.2) is 0 Å². The van der Waals surface area contributed by atoms with Gasteiger partial charge in [0.25, 0.3) is 5.91 Å². The number of ether oxygens (including phenoxy) is 1. The minimum Gasteiger partial charge on any atom is -0.378 e. The molecule has 0 N–H and O–H groups in total. The Morgan fingerprint density at radius 3 is 2.41 bits per heavy atom. The fraction of sp³-hybridized carbons (Fsp3) is 0.318. The lowest BCUT2D eigenvalue weighted by atomic mass is 9.98. The topological polar surface area (TPSA) is 45.1 Å². The van der Waals surface area contributed by atoms with Gasteiger partial charge in [0.1, 0.15) is 4.32 Å². The highest BCUT2D eigenvalue weighted by Crippen LogP contribution is 2.33. The van der Waals surface area contributed by atoms with Crippen molar-refractivity contribution in [3.63, 3.8) is 0 Å². The maximum atomic E-state index is 13.1. The van der Waals surface area contributed by atoms with Crippen LogP contribution in [0.15, 0.2) is 65.8 Å². The molecule has 0 aliphatic carbocycles. The van der Waals surface area contributed by atoms with Gasteiger partial charge in [0.05, 0.1) is 30.7 Å². The average molecular weight is 426 g/mol. The predicted octanol–water partition coefficient (Wildman–Crippen LogP) is 3.71. The summed E-state index contributed by atoms with van der Waals surface area (Å²) in [5.74, 6) is 0.260. The number of benzene rings is 2. The van der Waals surface area contributed by atoms with Crippen molar-refractivity contribution in [1.82, 2.24) is 9.91 Å². The van der Waals surface area contributed by atoms with E-state index in [4.69, 9.17) is 22.1 Å². The smallest absolute Gasteiger partial charge is 0.253 e. The van der Waals surface area contributed by atoms with Crippen molar-refractivity contribution in [1.29, 1.82) is 0 Å². The van der Waals surface area contributed by atoms with E-state index < -0.39 is 0 Å². The van der Waals surface area contributed by atoms with Crippen molar-refractivity contribution >= 4 is 39.9 Å². The van der Waals surface area contributed by atoms with Crippen LogP contribution >= 0.6 is 24.0 Å². The van der Waals surface area contributed by atoms with Crippen molar-refractivity contribution in [3.05, 3.63) is 71.8 Å². The molecule has 1 saturated heterocycles. The number of hydrogen-bond donors (Lipinski definition) is 0.